The molecule has 1 aromatic heterocycles. The third-order valence-corrected chi connectivity index (χ3v) is 4.16. The molecule has 0 aromatic carbocycles. The molecule has 0 N–H and O–H groups in total. The molecule has 0 amide bonds. The van der Waals surface area contributed by atoms with Crippen molar-refractivity contribution in [2.75, 3.05) is 14.1 Å². The molecule has 1 heterocycles. The predicted molar refractivity (Wildman–Crippen MR) is 67.1 cm³/mol. The van der Waals surface area contributed by atoms with Crippen molar-refractivity contribution in [1.82, 2.24) is 4.90 Å². The van der Waals surface area contributed by atoms with E-state index in [-0.39, 0.29) is 11.3 Å². The second kappa shape index (κ2) is 4.65. The fraction of sp³-hybridized carbons (Fsp3) is 0.643. The molecule has 1 aromatic rings. The van der Waals surface area contributed by atoms with Gasteiger partial charge < -0.3 is 4.42 Å². The second-order valence-electron chi connectivity index (χ2n) is 5.45. The van der Waals surface area contributed by atoms with E-state index in [1.54, 1.807) is 18.6 Å². The van der Waals surface area contributed by atoms with Crippen molar-refractivity contribution in [2.45, 2.75) is 38.1 Å². The Morgan fingerprint density at radius 2 is 2.06 bits per heavy atom. The normalized spacial score (nSPS) is 29.5. The molecule has 1 aliphatic rings. The van der Waals surface area contributed by atoms with Crippen molar-refractivity contribution in [3.05, 3.63) is 24.2 Å². The molecule has 0 atom stereocenters. The Hall–Kier alpha value is -1.09. The van der Waals surface area contributed by atoms with Gasteiger partial charge in [0, 0.05) is 0 Å². The van der Waals surface area contributed by atoms with Crippen LogP contribution in [0, 0.1) is 5.92 Å². The third-order valence-electron chi connectivity index (χ3n) is 4.16. The quantitative estimate of drug-likeness (QED) is 0.755. The molecule has 2 rings (SSSR count). The molecule has 3 heteroatoms. The van der Waals surface area contributed by atoms with Gasteiger partial charge in [-0.25, -0.2) is 0 Å². The summed E-state index contributed by atoms with van der Waals surface area (Å²) >= 11 is 0. The summed E-state index contributed by atoms with van der Waals surface area (Å²) in [4.78, 5) is 14.7. The van der Waals surface area contributed by atoms with Crippen molar-refractivity contribution in [3.8, 4) is 0 Å². The van der Waals surface area contributed by atoms with Crippen molar-refractivity contribution < 1.29 is 9.21 Å². The monoisotopic (exact) mass is 235 g/mol. The highest BCUT2D eigenvalue weighted by Gasteiger charge is 2.43. The zero-order chi connectivity index (χ0) is 12.5. The van der Waals surface area contributed by atoms with Crippen molar-refractivity contribution >= 4 is 5.78 Å². The van der Waals surface area contributed by atoms with Crippen LogP contribution in [0.2, 0.25) is 0 Å². The van der Waals surface area contributed by atoms with E-state index in [4.69, 9.17) is 4.42 Å². The maximum absolute atomic E-state index is 12.6. The van der Waals surface area contributed by atoms with Crippen molar-refractivity contribution in [3.63, 3.8) is 0 Å². The number of rotatable bonds is 3. The van der Waals surface area contributed by atoms with Gasteiger partial charge in [-0.15, -0.1) is 0 Å². The molecular weight excluding hydrogens is 214 g/mol. The van der Waals surface area contributed by atoms with E-state index in [0.29, 0.717) is 5.56 Å². The van der Waals surface area contributed by atoms with Crippen LogP contribution in [0.5, 0.6) is 0 Å². The topological polar surface area (TPSA) is 33.5 Å². The van der Waals surface area contributed by atoms with Crippen molar-refractivity contribution in [1.29, 1.82) is 0 Å². The van der Waals surface area contributed by atoms with Crippen LogP contribution in [-0.2, 0) is 0 Å². The van der Waals surface area contributed by atoms with Crippen LogP contribution in [0.1, 0.15) is 43.0 Å². The molecule has 3 nitrogen and oxygen atoms in total. The lowest BCUT2D eigenvalue weighted by Gasteiger charge is -2.43. The van der Waals surface area contributed by atoms with Gasteiger partial charge in [0.05, 0.1) is 17.4 Å². The number of carbonyl (C=O) groups is 1. The molecule has 0 radical (unpaired) electrons. The largest absolute Gasteiger partial charge is 0.472 e. The highest BCUT2D eigenvalue weighted by atomic mass is 16.3. The minimum atomic E-state index is -0.323. The Kier molecular flexibility index (Phi) is 3.38. The second-order valence-corrected chi connectivity index (χ2v) is 5.45. The van der Waals surface area contributed by atoms with E-state index in [1.807, 2.05) is 14.1 Å². The summed E-state index contributed by atoms with van der Waals surface area (Å²) in [6.45, 7) is 2.27. The zero-order valence-corrected chi connectivity index (χ0v) is 10.9. The summed E-state index contributed by atoms with van der Waals surface area (Å²) in [5.41, 5.74) is 0.379. The van der Waals surface area contributed by atoms with Crippen LogP contribution < -0.4 is 0 Å². The van der Waals surface area contributed by atoms with Gasteiger partial charge in [-0.3, -0.25) is 9.69 Å². The van der Waals surface area contributed by atoms with Crippen LogP contribution >= 0.6 is 0 Å². The Morgan fingerprint density at radius 3 is 2.53 bits per heavy atom. The Labute approximate surface area is 103 Å². The number of hydrogen-bond acceptors (Lipinski definition) is 3. The van der Waals surface area contributed by atoms with Gasteiger partial charge in [0.1, 0.15) is 6.26 Å². The van der Waals surface area contributed by atoms with Crippen LogP contribution in [0.25, 0.3) is 0 Å². The molecule has 0 aliphatic heterocycles. The summed E-state index contributed by atoms with van der Waals surface area (Å²) in [5, 5.41) is 0. The fourth-order valence-electron chi connectivity index (χ4n) is 2.78. The molecule has 1 fully saturated rings. The van der Waals surface area contributed by atoms with Crippen LogP contribution in [0.4, 0.5) is 0 Å². The van der Waals surface area contributed by atoms with Gasteiger partial charge in [0.2, 0.25) is 0 Å². The predicted octanol–water partition coefficient (Wildman–Crippen LogP) is 2.97. The SMILES string of the molecule is CC1CCC(C(=O)c2ccoc2)(N(C)C)CC1. The molecule has 0 unspecified atom stereocenters. The molecule has 94 valence electrons. The Bertz CT molecular complexity index is 373. The number of furan rings is 1. The number of hydrogen-bond donors (Lipinski definition) is 0. The van der Waals surface area contributed by atoms with Crippen LogP contribution in [0.15, 0.2) is 23.0 Å². The lowest BCUT2D eigenvalue weighted by atomic mass is 9.72. The van der Waals surface area contributed by atoms with Gasteiger partial charge in [-0.1, -0.05) is 6.92 Å². The number of carbonyl (C=O) groups excluding carboxylic acids is 1. The lowest BCUT2D eigenvalue weighted by Crippen LogP contribution is -2.53. The average molecular weight is 235 g/mol. The van der Waals surface area contributed by atoms with E-state index in [2.05, 4.69) is 11.8 Å². The molecule has 1 saturated carbocycles. The highest BCUT2D eigenvalue weighted by Crippen LogP contribution is 2.37. The first-order valence-corrected chi connectivity index (χ1v) is 6.31. The molecular formula is C14H21NO2. The van der Waals surface area contributed by atoms with E-state index in [9.17, 15) is 4.79 Å². The Balaban J connectivity index is 2.26. The minimum Gasteiger partial charge on any atom is -0.472 e. The number of nitrogens with zero attached hydrogens (tertiary/aromatic N) is 1. The van der Waals surface area contributed by atoms with Crippen molar-refractivity contribution in [2.24, 2.45) is 5.92 Å². The standard InChI is InChI=1S/C14H21NO2/c1-11-4-7-14(8-5-11,15(2)3)13(16)12-6-9-17-10-12/h6,9-11H,4-5,7-8H2,1-3H3. The average Bonchev–Trinajstić information content (AvgIpc) is 2.82. The first kappa shape index (κ1) is 12.4. The van der Waals surface area contributed by atoms with Gasteiger partial charge in [0.15, 0.2) is 5.78 Å². The highest BCUT2D eigenvalue weighted by molar-refractivity contribution is 6.03. The fourth-order valence-corrected chi connectivity index (χ4v) is 2.78. The maximum atomic E-state index is 12.6. The maximum Gasteiger partial charge on any atom is 0.186 e. The smallest absolute Gasteiger partial charge is 0.186 e. The van der Waals surface area contributed by atoms with E-state index < -0.39 is 0 Å². The van der Waals surface area contributed by atoms with Gasteiger partial charge in [0.25, 0.3) is 0 Å². The lowest BCUT2D eigenvalue weighted by molar-refractivity contribution is 0.0512. The van der Waals surface area contributed by atoms with Gasteiger partial charge in [-0.05, 0) is 51.8 Å². The van der Waals surface area contributed by atoms with Gasteiger partial charge >= 0.3 is 0 Å². The van der Waals surface area contributed by atoms with E-state index in [1.165, 1.54) is 0 Å². The molecule has 0 saturated heterocycles. The summed E-state index contributed by atoms with van der Waals surface area (Å²) in [7, 11) is 4.02. The number of likely N-dealkylation sites (N-methyl/N-ethyl adjacent to an activating group) is 1. The Morgan fingerprint density at radius 1 is 1.41 bits per heavy atom. The number of ketones is 1. The minimum absolute atomic E-state index is 0.211. The molecule has 0 bridgehead atoms. The van der Waals surface area contributed by atoms with Crippen LogP contribution in [-0.4, -0.2) is 30.3 Å². The molecule has 1 aliphatic carbocycles. The number of Topliss-reactive ketones (excluding diaryl/α,β-unsaturated/α-hetero) is 1. The summed E-state index contributed by atoms with van der Waals surface area (Å²) in [5.74, 6) is 0.948. The first-order chi connectivity index (χ1) is 8.06. The van der Waals surface area contributed by atoms with E-state index >= 15 is 0 Å². The van der Waals surface area contributed by atoms with E-state index in [0.717, 1.165) is 31.6 Å². The third kappa shape index (κ3) is 2.16. The summed E-state index contributed by atoms with van der Waals surface area (Å²) in [6, 6.07) is 1.77. The molecule has 17 heavy (non-hydrogen) atoms. The summed E-state index contributed by atoms with van der Waals surface area (Å²) < 4.78 is 5.03. The van der Waals surface area contributed by atoms with Gasteiger partial charge in [-0.2, -0.15) is 0 Å². The zero-order valence-electron chi connectivity index (χ0n) is 10.9. The van der Waals surface area contributed by atoms with Crippen LogP contribution in [0.3, 0.4) is 0 Å². The first-order valence-electron chi connectivity index (χ1n) is 6.31. The summed E-state index contributed by atoms with van der Waals surface area (Å²) in [6.07, 6.45) is 7.29. The molecule has 0 spiro atoms.